The Labute approximate surface area is 371 Å². The number of aromatic nitrogens is 3. The van der Waals surface area contributed by atoms with Crippen LogP contribution in [0.15, 0.2) is 30.3 Å². The standard InChI is InChI=1S/C50H62F2N6O4Si/c1-27(2)63(28(3)4,29(5)6)22-19-34-36(51)17-15-31-13-11-14-35(39(31)34)42-41(52)43-40-45(55-47(54-43)60-26-50-20-12-21-57(50)38-23-32(38)24-50)56-25-33-16-18-37(44(56)30(7)61-46(40)53-42)58(33)48(59)62-49(8,9)10/h11,13-15,17,27-30,32-33,37-38,44H,12,16,18,20-21,23-26H2,1-10H3/t30-,32+,33+,37-,38+,44+,50?/m0/s1. The number of halogens is 2. The van der Waals surface area contributed by atoms with Gasteiger partial charge in [-0.25, -0.2) is 18.6 Å². The van der Waals surface area contributed by atoms with Gasteiger partial charge >= 0.3 is 12.1 Å². The van der Waals surface area contributed by atoms with Crippen LogP contribution < -0.4 is 14.4 Å². The highest BCUT2D eigenvalue weighted by molar-refractivity contribution is 6.90. The van der Waals surface area contributed by atoms with Crippen molar-refractivity contribution in [2.24, 2.45) is 5.92 Å². The summed E-state index contributed by atoms with van der Waals surface area (Å²) in [6.07, 6.45) is 5.20. The van der Waals surface area contributed by atoms with Crippen LogP contribution in [0.3, 0.4) is 0 Å². The average Bonchev–Trinajstić information content (AvgIpc) is 3.59. The molecule has 5 aliphatic heterocycles. The molecule has 10 nitrogen and oxygen atoms in total. The predicted molar refractivity (Wildman–Crippen MR) is 245 cm³/mol. The fourth-order valence-electron chi connectivity index (χ4n) is 13.0. The molecule has 2 aromatic heterocycles. The maximum atomic E-state index is 18.0. The number of anilines is 1. The number of piperazine rings is 1. The molecule has 0 radical (unpaired) electrons. The lowest BCUT2D eigenvalue weighted by Gasteiger charge is -2.48. The van der Waals surface area contributed by atoms with Gasteiger partial charge in [-0.2, -0.15) is 9.97 Å². The van der Waals surface area contributed by atoms with Gasteiger partial charge in [0.25, 0.3) is 0 Å². The van der Waals surface area contributed by atoms with Crippen LogP contribution >= 0.6 is 0 Å². The van der Waals surface area contributed by atoms with Crippen LogP contribution in [0.5, 0.6) is 11.9 Å². The quantitative estimate of drug-likeness (QED) is 0.133. The Hall–Kier alpha value is -4.54. The van der Waals surface area contributed by atoms with E-state index in [4.69, 9.17) is 29.2 Å². The molecule has 0 spiro atoms. The van der Waals surface area contributed by atoms with Gasteiger partial charge in [0, 0.05) is 23.5 Å². The van der Waals surface area contributed by atoms with Gasteiger partial charge in [-0.1, -0.05) is 71.7 Å². The maximum absolute atomic E-state index is 18.0. The largest absolute Gasteiger partial charge is 0.472 e. The van der Waals surface area contributed by atoms with Gasteiger partial charge in [-0.05, 0) is 107 Å². The van der Waals surface area contributed by atoms with Crippen molar-refractivity contribution in [2.75, 3.05) is 24.6 Å². The van der Waals surface area contributed by atoms with E-state index in [9.17, 15) is 4.79 Å². The summed E-state index contributed by atoms with van der Waals surface area (Å²) in [6, 6.07) is 8.69. The van der Waals surface area contributed by atoms with E-state index in [0.29, 0.717) is 63.9 Å². The molecule has 7 heterocycles. The minimum absolute atomic E-state index is 0.00662. The Balaban J connectivity index is 1.14. The number of benzene rings is 2. The molecule has 334 valence electrons. The summed E-state index contributed by atoms with van der Waals surface area (Å²) in [6.45, 7) is 22.9. The van der Waals surface area contributed by atoms with Crippen molar-refractivity contribution in [3.05, 3.63) is 47.5 Å². The first-order valence-electron chi connectivity index (χ1n) is 23.4. The van der Waals surface area contributed by atoms with Crippen molar-refractivity contribution in [3.63, 3.8) is 0 Å². The third-order valence-electron chi connectivity index (χ3n) is 15.6. The average molecular weight is 877 g/mol. The van der Waals surface area contributed by atoms with Crippen LogP contribution in [0.1, 0.15) is 113 Å². The van der Waals surface area contributed by atoms with E-state index in [0.717, 1.165) is 44.0 Å². The number of amides is 1. The number of fused-ring (bicyclic) bond motifs is 9. The van der Waals surface area contributed by atoms with Crippen LogP contribution in [-0.4, -0.2) is 100 Å². The number of carbonyl (C=O) groups excluding carboxylic acids is 1. The van der Waals surface area contributed by atoms with Crippen LogP contribution in [0.2, 0.25) is 16.6 Å². The summed E-state index contributed by atoms with van der Waals surface area (Å²) >= 11 is 0. The molecule has 13 heteroatoms. The number of nitrogens with zero attached hydrogens (tertiary/aromatic N) is 6. The molecule has 0 N–H and O–H groups in total. The molecule has 2 bridgehead atoms. The fourth-order valence-corrected chi connectivity index (χ4v) is 18.2. The zero-order valence-corrected chi connectivity index (χ0v) is 39.5. The Morgan fingerprint density at radius 3 is 2.49 bits per heavy atom. The molecular weight excluding hydrogens is 815 g/mol. The Morgan fingerprint density at radius 2 is 1.76 bits per heavy atom. The van der Waals surface area contributed by atoms with Crippen molar-refractivity contribution in [2.45, 2.75) is 166 Å². The second-order valence-corrected chi connectivity index (χ2v) is 26.9. The minimum Gasteiger partial charge on any atom is -0.472 e. The third kappa shape index (κ3) is 6.70. The van der Waals surface area contributed by atoms with Crippen LogP contribution in [-0.2, 0) is 4.74 Å². The summed E-state index contributed by atoms with van der Waals surface area (Å²) < 4.78 is 53.8. The second-order valence-electron chi connectivity index (χ2n) is 21.3. The third-order valence-corrected chi connectivity index (χ3v) is 21.9. The first kappa shape index (κ1) is 42.4. The number of carbonyl (C=O) groups is 1. The monoisotopic (exact) mass is 876 g/mol. The molecule has 1 saturated carbocycles. The van der Waals surface area contributed by atoms with Gasteiger partial charge in [0.15, 0.2) is 5.82 Å². The maximum Gasteiger partial charge on any atom is 0.410 e. The molecular formula is C50H62F2N6O4Si. The van der Waals surface area contributed by atoms with E-state index < -0.39 is 31.4 Å². The van der Waals surface area contributed by atoms with E-state index in [-0.39, 0.29) is 58.4 Å². The van der Waals surface area contributed by atoms with Gasteiger partial charge in [0.05, 0.1) is 29.2 Å². The lowest BCUT2D eigenvalue weighted by atomic mass is 9.93. The van der Waals surface area contributed by atoms with Crippen molar-refractivity contribution in [1.29, 1.82) is 0 Å². The summed E-state index contributed by atoms with van der Waals surface area (Å²) in [5, 5.41) is 1.58. The first-order valence-corrected chi connectivity index (χ1v) is 25.7. The molecule has 1 amide bonds. The smallest absolute Gasteiger partial charge is 0.410 e. The number of rotatable bonds is 7. The van der Waals surface area contributed by atoms with Gasteiger partial charge < -0.3 is 19.1 Å². The Kier molecular flexibility index (Phi) is 10.1. The van der Waals surface area contributed by atoms with Gasteiger partial charge in [-0.15, -0.1) is 5.54 Å². The molecule has 4 saturated heterocycles. The Bertz CT molecular complexity index is 2570. The van der Waals surface area contributed by atoms with E-state index >= 15 is 8.78 Å². The highest BCUT2D eigenvalue weighted by Crippen LogP contribution is 2.57. The highest BCUT2D eigenvalue weighted by Gasteiger charge is 2.61. The van der Waals surface area contributed by atoms with Crippen LogP contribution in [0, 0.1) is 29.0 Å². The summed E-state index contributed by atoms with van der Waals surface area (Å²) in [5.41, 5.74) is 4.66. The summed E-state index contributed by atoms with van der Waals surface area (Å²) in [7, 11) is -2.28. The minimum atomic E-state index is -2.28. The second kappa shape index (κ2) is 15.0. The first-order chi connectivity index (χ1) is 29.9. The van der Waals surface area contributed by atoms with E-state index in [1.165, 1.54) is 12.5 Å². The molecule has 2 aromatic carbocycles. The van der Waals surface area contributed by atoms with E-state index in [1.807, 2.05) is 44.7 Å². The van der Waals surface area contributed by atoms with Crippen molar-refractivity contribution >= 4 is 41.7 Å². The molecule has 1 unspecified atom stereocenters. The van der Waals surface area contributed by atoms with Crippen LogP contribution in [0.25, 0.3) is 32.9 Å². The summed E-state index contributed by atoms with van der Waals surface area (Å²) in [5.74, 6) is 3.64. The van der Waals surface area contributed by atoms with Crippen molar-refractivity contribution in [1.82, 2.24) is 24.8 Å². The summed E-state index contributed by atoms with van der Waals surface area (Å²) in [4.78, 5) is 35.6. The fraction of sp³-hybridized carbons (Fsp3) is 0.600. The van der Waals surface area contributed by atoms with Gasteiger partial charge in [0.2, 0.25) is 5.88 Å². The van der Waals surface area contributed by atoms with E-state index in [1.54, 1.807) is 12.1 Å². The molecule has 1 aliphatic carbocycles. The van der Waals surface area contributed by atoms with Crippen molar-refractivity contribution in [3.8, 4) is 34.6 Å². The predicted octanol–water partition coefficient (Wildman–Crippen LogP) is 10.4. The molecule has 4 aromatic rings. The molecule has 7 atom stereocenters. The normalized spacial score (nSPS) is 27.3. The zero-order chi connectivity index (χ0) is 44.5. The van der Waals surface area contributed by atoms with Gasteiger partial charge in [0.1, 0.15) is 54.6 Å². The zero-order valence-electron chi connectivity index (χ0n) is 38.5. The van der Waals surface area contributed by atoms with Crippen molar-refractivity contribution < 1.29 is 27.8 Å². The van der Waals surface area contributed by atoms with Crippen LogP contribution in [0.4, 0.5) is 19.4 Å². The Morgan fingerprint density at radius 1 is 1.00 bits per heavy atom. The number of piperidine rings is 1. The lowest BCUT2D eigenvalue weighted by Crippen LogP contribution is -2.65. The molecule has 10 rings (SSSR count). The number of pyridine rings is 1. The number of ether oxygens (including phenoxy) is 3. The molecule has 5 fully saturated rings. The lowest BCUT2D eigenvalue weighted by molar-refractivity contribution is 0.000934. The highest BCUT2D eigenvalue weighted by atomic mass is 28.3. The van der Waals surface area contributed by atoms with E-state index in [2.05, 4.69) is 62.8 Å². The topological polar surface area (TPSA) is 93.2 Å². The number of hydrogen-bond acceptors (Lipinski definition) is 9. The molecule has 6 aliphatic rings. The molecule has 63 heavy (non-hydrogen) atoms. The van der Waals surface area contributed by atoms with Gasteiger partial charge in [-0.3, -0.25) is 9.80 Å². The SMILES string of the molecule is CC(C)[Si](C#Cc1c(F)ccc2cccc(-c3nc4c5c(nc(OCC67CCCN6[C@@H]6C[C@@H]6C7)nc5c3F)N3C[C@H]5CC[C@@H]([C@H]3[C@H](C)O4)N5C(=O)OC(C)(C)C)c12)(C(C)C)C(C)C. The number of hydrogen-bond donors (Lipinski definition) is 0.